The maximum atomic E-state index is 14.3. The van der Waals surface area contributed by atoms with Crippen molar-refractivity contribution in [3.63, 3.8) is 0 Å². The first kappa shape index (κ1) is 21.5. The van der Waals surface area contributed by atoms with Gasteiger partial charge in [0.1, 0.15) is 11.6 Å². The molecule has 1 aliphatic heterocycles. The lowest BCUT2D eigenvalue weighted by atomic mass is 10.0. The zero-order chi connectivity index (χ0) is 22.8. The summed E-state index contributed by atoms with van der Waals surface area (Å²) in [5.41, 5.74) is 1.41. The van der Waals surface area contributed by atoms with Gasteiger partial charge in [0, 0.05) is 37.6 Å². The van der Waals surface area contributed by atoms with Crippen LogP contribution in [-0.4, -0.2) is 59.4 Å². The Morgan fingerprint density at radius 2 is 1.62 bits per heavy atom. The van der Waals surface area contributed by atoms with E-state index in [-0.39, 0.29) is 29.5 Å². The molecule has 32 heavy (non-hydrogen) atoms. The first-order chi connectivity index (χ1) is 15.3. The molecule has 166 valence electrons. The molecule has 0 bridgehead atoms. The fourth-order valence-corrected chi connectivity index (χ4v) is 3.83. The molecule has 1 fully saturated rings. The van der Waals surface area contributed by atoms with Crippen LogP contribution in [0.5, 0.6) is 5.75 Å². The molecule has 2 heterocycles. The van der Waals surface area contributed by atoms with Gasteiger partial charge in [0.25, 0.3) is 11.8 Å². The molecule has 3 aromatic rings. The predicted molar refractivity (Wildman–Crippen MR) is 118 cm³/mol. The SMILES string of the molecule is Cc1ccc(OCC(=O)N2CCN(C(=O)c3cc(=O)[nH]c4c(F)cc(C)cc34)CC2)cc1. The van der Waals surface area contributed by atoms with Crippen LogP contribution in [0.1, 0.15) is 21.5 Å². The molecule has 4 rings (SSSR count). The molecule has 8 heteroatoms. The average molecular weight is 437 g/mol. The molecule has 0 spiro atoms. The average Bonchev–Trinajstić information content (AvgIpc) is 2.78. The highest BCUT2D eigenvalue weighted by atomic mass is 19.1. The number of amides is 2. The Morgan fingerprint density at radius 3 is 2.31 bits per heavy atom. The summed E-state index contributed by atoms with van der Waals surface area (Å²) in [5.74, 6) is -0.455. The van der Waals surface area contributed by atoms with Gasteiger partial charge in [-0.1, -0.05) is 17.7 Å². The number of aromatic nitrogens is 1. The van der Waals surface area contributed by atoms with Gasteiger partial charge in [0.15, 0.2) is 6.61 Å². The minimum absolute atomic E-state index is 0.0218. The Kier molecular flexibility index (Phi) is 5.94. The van der Waals surface area contributed by atoms with Crippen molar-refractivity contribution >= 4 is 22.7 Å². The Bertz CT molecular complexity index is 1230. The quantitative estimate of drug-likeness (QED) is 0.680. The van der Waals surface area contributed by atoms with Gasteiger partial charge in [-0.25, -0.2) is 4.39 Å². The van der Waals surface area contributed by atoms with Gasteiger partial charge in [-0.15, -0.1) is 0 Å². The first-order valence-corrected chi connectivity index (χ1v) is 10.4. The van der Waals surface area contributed by atoms with Crippen LogP contribution in [0.4, 0.5) is 4.39 Å². The summed E-state index contributed by atoms with van der Waals surface area (Å²) < 4.78 is 19.9. The summed E-state index contributed by atoms with van der Waals surface area (Å²) in [4.78, 5) is 43.3. The van der Waals surface area contributed by atoms with Gasteiger partial charge >= 0.3 is 0 Å². The molecular formula is C24H24FN3O4. The summed E-state index contributed by atoms with van der Waals surface area (Å²) in [6.07, 6.45) is 0. The van der Waals surface area contributed by atoms with Crippen molar-refractivity contribution < 1.29 is 18.7 Å². The largest absolute Gasteiger partial charge is 0.484 e. The van der Waals surface area contributed by atoms with Crippen molar-refractivity contribution in [1.29, 1.82) is 0 Å². The number of carbonyl (C=O) groups is 2. The third-order valence-corrected chi connectivity index (χ3v) is 5.58. The van der Waals surface area contributed by atoms with Crippen molar-refractivity contribution in [3.05, 3.63) is 75.3 Å². The van der Waals surface area contributed by atoms with Crippen LogP contribution in [0.25, 0.3) is 10.9 Å². The number of halogens is 1. The van der Waals surface area contributed by atoms with E-state index < -0.39 is 11.4 Å². The second-order valence-corrected chi connectivity index (χ2v) is 7.99. The second-order valence-electron chi connectivity index (χ2n) is 7.99. The van der Waals surface area contributed by atoms with Gasteiger partial charge in [0.05, 0.1) is 11.1 Å². The van der Waals surface area contributed by atoms with Crippen molar-refractivity contribution in [1.82, 2.24) is 14.8 Å². The van der Waals surface area contributed by atoms with E-state index in [9.17, 15) is 18.8 Å². The molecule has 1 N–H and O–H groups in total. The van der Waals surface area contributed by atoms with Crippen molar-refractivity contribution in [2.45, 2.75) is 13.8 Å². The summed E-state index contributed by atoms with van der Waals surface area (Å²) in [6, 6.07) is 11.7. The van der Waals surface area contributed by atoms with Gasteiger partial charge in [0.2, 0.25) is 5.56 Å². The third kappa shape index (κ3) is 4.49. The maximum Gasteiger partial charge on any atom is 0.260 e. The predicted octanol–water partition coefficient (Wildman–Crippen LogP) is 2.65. The number of pyridine rings is 1. The Hall–Kier alpha value is -3.68. The molecule has 2 aromatic carbocycles. The van der Waals surface area contributed by atoms with Crippen molar-refractivity contribution in [2.75, 3.05) is 32.8 Å². The van der Waals surface area contributed by atoms with Crippen LogP contribution in [-0.2, 0) is 4.79 Å². The zero-order valence-electron chi connectivity index (χ0n) is 18.0. The van der Waals surface area contributed by atoms with E-state index in [1.165, 1.54) is 12.1 Å². The van der Waals surface area contributed by atoms with Crippen LogP contribution in [0.3, 0.4) is 0 Å². The molecule has 0 unspecified atom stereocenters. The lowest BCUT2D eigenvalue weighted by molar-refractivity contribution is -0.134. The topological polar surface area (TPSA) is 82.7 Å². The molecular weight excluding hydrogens is 413 g/mol. The Morgan fingerprint density at radius 1 is 0.969 bits per heavy atom. The molecule has 0 saturated carbocycles. The summed E-state index contributed by atoms with van der Waals surface area (Å²) >= 11 is 0. The van der Waals surface area contributed by atoms with Gasteiger partial charge < -0.3 is 19.5 Å². The highest BCUT2D eigenvalue weighted by molar-refractivity contribution is 6.06. The van der Waals surface area contributed by atoms with Crippen LogP contribution >= 0.6 is 0 Å². The number of H-pyrrole nitrogens is 1. The number of carbonyl (C=O) groups excluding carboxylic acids is 2. The van der Waals surface area contributed by atoms with E-state index in [0.717, 1.165) is 5.56 Å². The highest BCUT2D eigenvalue weighted by Crippen LogP contribution is 2.22. The number of piperazine rings is 1. The van der Waals surface area contributed by atoms with Crippen molar-refractivity contribution in [3.8, 4) is 5.75 Å². The zero-order valence-corrected chi connectivity index (χ0v) is 18.0. The number of nitrogens with one attached hydrogen (secondary N) is 1. The summed E-state index contributed by atoms with van der Waals surface area (Å²) in [5, 5.41) is 0.372. The Balaban J connectivity index is 1.42. The van der Waals surface area contributed by atoms with E-state index in [1.54, 1.807) is 22.8 Å². The van der Waals surface area contributed by atoms with Crippen LogP contribution in [0, 0.1) is 19.7 Å². The fraction of sp³-hybridized carbons (Fsp3) is 0.292. The normalized spacial score (nSPS) is 14.0. The molecule has 2 amide bonds. The summed E-state index contributed by atoms with van der Waals surface area (Å²) in [7, 11) is 0. The Labute approximate surface area is 184 Å². The fourth-order valence-electron chi connectivity index (χ4n) is 3.83. The van der Waals surface area contributed by atoms with E-state index in [1.807, 2.05) is 31.2 Å². The number of fused-ring (bicyclic) bond motifs is 1. The number of hydrogen-bond acceptors (Lipinski definition) is 4. The first-order valence-electron chi connectivity index (χ1n) is 10.4. The molecule has 0 aliphatic carbocycles. The minimum atomic E-state index is -0.573. The smallest absolute Gasteiger partial charge is 0.260 e. The highest BCUT2D eigenvalue weighted by Gasteiger charge is 2.26. The molecule has 1 saturated heterocycles. The lowest BCUT2D eigenvalue weighted by Crippen LogP contribution is -2.51. The van der Waals surface area contributed by atoms with E-state index >= 15 is 0 Å². The number of rotatable bonds is 4. The second kappa shape index (κ2) is 8.82. The number of nitrogens with zero attached hydrogens (tertiary/aromatic N) is 2. The number of aryl methyl sites for hydroxylation is 2. The van der Waals surface area contributed by atoms with E-state index in [4.69, 9.17) is 4.74 Å². The molecule has 7 nitrogen and oxygen atoms in total. The standard InChI is InChI=1S/C24H24FN3O4/c1-15-3-5-17(6-4-15)32-14-22(30)27-7-9-28(10-8-27)24(31)19-13-21(29)26-23-18(19)11-16(2)12-20(23)25/h3-6,11-13H,7-10,14H2,1-2H3,(H,26,29). The van der Waals surface area contributed by atoms with Crippen LogP contribution in [0.2, 0.25) is 0 Å². The molecule has 0 radical (unpaired) electrons. The van der Waals surface area contributed by atoms with E-state index in [0.29, 0.717) is 42.9 Å². The van der Waals surface area contributed by atoms with Gasteiger partial charge in [-0.05, 0) is 43.7 Å². The lowest BCUT2D eigenvalue weighted by Gasteiger charge is -2.34. The van der Waals surface area contributed by atoms with Gasteiger partial charge in [-0.2, -0.15) is 0 Å². The van der Waals surface area contributed by atoms with E-state index in [2.05, 4.69) is 4.98 Å². The van der Waals surface area contributed by atoms with Gasteiger partial charge in [-0.3, -0.25) is 14.4 Å². The monoisotopic (exact) mass is 437 g/mol. The number of hydrogen-bond donors (Lipinski definition) is 1. The molecule has 1 aliphatic rings. The summed E-state index contributed by atoms with van der Waals surface area (Å²) in [6.45, 7) is 4.98. The molecule has 0 atom stereocenters. The third-order valence-electron chi connectivity index (χ3n) is 5.58. The number of ether oxygens (including phenoxy) is 1. The van der Waals surface area contributed by atoms with Crippen LogP contribution in [0.15, 0.2) is 47.3 Å². The number of aromatic amines is 1. The van der Waals surface area contributed by atoms with Crippen molar-refractivity contribution in [2.24, 2.45) is 0 Å². The minimum Gasteiger partial charge on any atom is -0.484 e. The maximum absolute atomic E-state index is 14.3. The number of benzene rings is 2. The molecule has 1 aromatic heterocycles. The van der Waals surface area contributed by atoms with Crippen LogP contribution < -0.4 is 10.3 Å².